The molecule has 1 unspecified atom stereocenters. The second-order valence-corrected chi connectivity index (χ2v) is 12.3. The minimum absolute atomic E-state index is 0.0802. The molecule has 0 aliphatic rings. The van der Waals surface area contributed by atoms with Gasteiger partial charge in [-0.2, -0.15) is 0 Å². The smallest absolute Gasteiger partial charge is 0.306 e. The first kappa shape index (κ1) is 43.6. The summed E-state index contributed by atoms with van der Waals surface area (Å²) >= 11 is 0. The van der Waals surface area contributed by atoms with Crippen LogP contribution in [0.15, 0.2) is 60.8 Å². The number of rotatable bonds is 33. The Kier molecular flexibility index (Phi) is 35.1. The van der Waals surface area contributed by atoms with Gasteiger partial charge in [-0.25, -0.2) is 0 Å². The van der Waals surface area contributed by atoms with Gasteiger partial charge in [-0.3, -0.25) is 9.59 Å². The predicted molar refractivity (Wildman–Crippen MR) is 196 cm³/mol. The van der Waals surface area contributed by atoms with Gasteiger partial charge in [0.15, 0.2) is 6.10 Å². The maximum Gasteiger partial charge on any atom is 0.306 e. The van der Waals surface area contributed by atoms with E-state index in [1.807, 2.05) is 0 Å². The summed E-state index contributed by atoms with van der Waals surface area (Å²) in [5, 5.41) is 9.54. The van der Waals surface area contributed by atoms with E-state index in [4.69, 9.17) is 9.47 Å². The van der Waals surface area contributed by atoms with Crippen molar-refractivity contribution in [3.8, 4) is 0 Å². The SMILES string of the molecule is CCC=CCC=CCC=CCC=CCCCCCCC(=O)OC(CO)COC(=O)CCCCCCCCCC=CCCCCCC. The lowest BCUT2D eigenvalue weighted by atomic mass is 10.1. The molecule has 0 aliphatic carbocycles. The zero-order chi connectivity index (χ0) is 33.6. The first-order chi connectivity index (χ1) is 22.6. The highest BCUT2D eigenvalue weighted by molar-refractivity contribution is 5.70. The van der Waals surface area contributed by atoms with E-state index in [-0.39, 0.29) is 25.2 Å². The molecule has 0 aromatic carbocycles. The molecule has 0 aromatic rings. The lowest BCUT2D eigenvalue weighted by Gasteiger charge is -2.15. The Bertz CT molecular complexity index is 823. The number of ether oxygens (including phenoxy) is 2. The Labute approximate surface area is 283 Å². The third kappa shape index (κ3) is 34.5. The van der Waals surface area contributed by atoms with Crippen molar-refractivity contribution in [1.82, 2.24) is 0 Å². The summed E-state index contributed by atoms with van der Waals surface area (Å²) in [5.74, 6) is -0.628. The van der Waals surface area contributed by atoms with Gasteiger partial charge < -0.3 is 14.6 Å². The summed E-state index contributed by atoms with van der Waals surface area (Å²) in [6.45, 7) is 3.97. The minimum Gasteiger partial charge on any atom is -0.462 e. The first-order valence-corrected chi connectivity index (χ1v) is 18.8. The van der Waals surface area contributed by atoms with Gasteiger partial charge in [0.25, 0.3) is 0 Å². The first-order valence-electron chi connectivity index (χ1n) is 18.8. The summed E-state index contributed by atoms with van der Waals surface area (Å²) in [6.07, 6.45) is 47.0. The van der Waals surface area contributed by atoms with Crippen molar-refractivity contribution >= 4 is 11.9 Å². The molecule has 0 aromatic heterocycles. The number of esters is 2. The van der Waals surface area contributed by atoms with Crippen molar-refractivity contribution in [3.63, 3.8) is 0 Å². The van der Waals surface area contributed by atoms with Gasteiger partial charge >= 0.3 is 11.9 Å². The minimum atomic E-state index is -0.787. The Morgan fingerprint density at radius 2 is 0.935 bits per heavy atom. The Morgan fingerprint density at radius 1 is 0.522 bits per heavy atom. The van der Waals surface area contributed by atoms with Crippen LogP contribution in [0.4, 0.5) is 0 Å². The molecule has 46 heavy (non-hydrogen) atoms. The van der Waals surface area contributed by atoms with Crippen LogP contribution in [0.5, 0.6) is 0 Å². The van der Waals surface area contributed by atoms with Crippen LogP contribution >= 0.6 is 0 Å². The van der Waals surface area contributed by atoms with Crippen LogP contribution in [0.3, 0.4) is 0 Å². The number of carbonyl (C=O) groups excluding carboxylic acids is 2. The lowest BCUT2D eigenvalue weighted by Crippen LogP contribution is -2.28. The third-order valence-corrected chi connectivity index (χ3v) is 7.80. The van der Waals surface area contributed by atoms with Crippen molar-refractivity contribution in [1.29, 1.82) is 0 Å². The molecule has 0 saturated carbocycles. The van der Waals surface area contributed by atoms with Crippen molar-refractivity contribution in [2.45, 2.75) is 174 Å². The van der Waals surface area contributed by atoms with Gasteiger partial charge in [-0.15, -0.1) is 0 Å². The second kappa shape index (κ2) is 37.1. The fourth-order valence-corrected chi connectivity index (χ4v) is 4.95. The van der Waals surface area contributed by atoms with Crippen LogP contribution in [0.25, 0.3) is 0 Å². The summed E-state index contributed by atoms with van der Waals surface area (Å²) in [4.78, 5) is 24.2. The van der Waals surface area contributed by atoms with Crippen LogP contribution in [0, 0.1) is 0 Å². The molecular formula is C41H70O5. The Balaban J connectivity index is 3.64. The molecule has 0 fully saturated rings. The van der Waals surface area contributed by atoms with E-state index in [1.54, 1.807) is 0 Å². The second-order valence-electron chi connectivity index (χ2n) is 12.3. The Hall–Kier alpha value is -2.40. The zero-order valence-electron chi connectivity index (χ0n) is 29.8. The molecule has 5 heteroatoms. The molecule has 1 atom stereocenters. The zero-order valence-corrected chi connectivity index (χ0v) is 29.8. The Morgan fingerprint density at radius 3 is 1.43 bits per heavy atom. The number of aliphatic hydroxyl groups excluding tert-OH is 1. The molecule has 1 N–H and O–H groups in total. The highest BCUT2D eigenvalue weighted by Crippen LogP contribution is 2.12. The van der Waals surface area contributed by atoms with Gasteiger partial charge in [0.05, 0.1) is 6.61 Å². The van der Waals surface area contributed by atoms with Crippen LogP contribution in [-0.2, 0) is 19.1 Å². The van der Waals surface area contributed by atoms with Crippen LogP contribution in [-0.4, -0.2) is 36.4 Å². The normalized spacial score (nSPS) is 12.8. The number of hydrogen-bond donors (Lipinski definition) is 1. The van der Waals surface area contributed by atoms with E-state index < -0.39 is 6.10 Å². The monoisotopic (exact) mass is 643 g/mol. The average molecular weight is 643 g/mol. The van der Waals surface area contributed by atoms with Gasteiger partial charge in [0.1, 0.15) is 6.61 Å². The van der Waals surface area contributed by atoms with Crippen LogP contribution in [0.2, 0.25) is 0 Å². The molecule has 264 valence electrons. The summed E-state index contributed by atoms with van der Waals surface area (Å²) < 4.78 is 10.6. The van der Waals surface area contributed by atoms with Crippen LogP contribution in [0.1, 0.15) is 168 Å². The van der Waals surface area contributed by atoms with E-state index in [0.29, 0.717) is 12.8 Å². The van der Waals surface area contributed by atoms with Crippen molar-refractivity contribution in [2.75, 3.05) is 13.2 Å². The van der Waals surface area contributed by atoms with Gasteiger partial charge in [-0.1, -0.05) is 139 Å². The molecule has 5 nitrogen and oxygen atoms in total. The van der Waals surface area contributed by atoms with E-state index in [1.165, 1.54) is 64.2 Å². The highest BCUT2D eigenvalue weighted by Gasteiger charge is 2.16. The molecule has 0 saturated heterocycles. The topological polar surface area (TPSA) is 72.8 Å². The number of allylic oxidation sites excluding steroid dienone is 10. The number of carbonyl (C=O) groups is 2. The highest BCUT2D eigenvalue weighted by atomic mass is 16.6. The molecule has 0 bridgehead atoms. The van der Waals surface area contributed by atoms with Crippen molar-refractivity contribution < 1.29 is 24.2 Å². The molecule has 0 amide bonds. The fourth-order valence-electron chi connectivity index (χ4n) is 4.95. The quantitative estimate of drug-likeness (QED) is 0.0438. The maximum absolute atomic E-state index is 12.1. The van der Waals surface area contributed by atoms with Gasteiger partial charge in [-0.05, 0) is 77.0 Å². The molecule has 0 rings (SSSR count). The van der Waals surface area contributed by atoms with E-state index in [9.17, 15) is 14.7 Å². The predicted octanol–water partition coefficient (Wildman–Crippen LogP) is 11.6. The van der Waals surface area contributed by atoms with E-state index in [2.05, 4.69) is 74.6 Å². The van der Waals surface area contributed by atoms with Crippen LogP contribution < -0.4 is 0 Å². The number of hydrogen-bond acceptors (Lipinski definition) is 5. The van der Waals surface area contributed by atoms with Crippen molar-refractivity contribution in [3.05, 3.63) is 60.8 Å². The van der Waals surface area contributed by atoms with Crippen molar-refractivity contribution in [2.24, 2.45) is 0 Å². The maximum atomic E-state index is 12.1. The van der Waals surface area contributed by atoms with Gasteiger partial charge in [0.2, 0.25) is 0 Å². The summed E-state index contributed by atoms with van der Waals surface area (Å²) in [7, 11) is 0. The largest absolute Gasteiger partial charge is 0.462 e. The molecule has 0 aliphatic heterocycles. The fraction of sp³-hybridized carbons (Fsp3) is 0.707. The molecule has 0 heterocycles. The van der Waals surface area contributed by atoms with Gasteiger partial charge in [0, 0.05) is 12.8 Å². The molecule has 0 radical (unpaired) electrons. The summed E-state index contributed by atoms with van der Waals surface area (Å²) in [6, 6.07) is 0. The molecular weight excluding hydrogens is 572 g/mol. The van der Waals surface area contributed by atoms with E-state index in [0.717, 1.165) is 77.0 Å². The lowest BCUT2D eigenvalue weighted by molar-refractivity contribution is -0.161. The number of unbranched alkanes of at least 4 members (excludes halogenated alkanes) is 15. The average Bonchev–Trinajstić information content (AvgIpc) is 3.06. The number of aliphatic hydroxyl groups is 1. The van der Waals surface area contributed by atoms with E-state index >= 15 is 0 Å². The third-order valence-electron chi connectivity index (χ3n) is 7.80. The molecule has 0 spiro atoms. The summed E-state index contributed by atoms with van der Waals surface area (Å²) in [5.41, 5.74) is 0. The standard InChI is InChI=1S/C41H70O5/c1-3-5-7-9-11-13-15-17-19-20-22-24-26-28-30-32-34-36-41(44)46-39(37-42)38-45-40(43)35-33-31-29-27-25-23-21-18-16-14-12-10-8-6-4-2/h5,7,11,13-14,16-17,19,22,24,39,42H,3-4,6,8-10,12,15,18,20-21,23,25-38H2,1-2H3.